The molecule has 0 aromatic heterocycles. The number of nitrogens with one attached hydrogen (secondary N) is 2. The van der Waals surface area contributed by atoms with Crippen molar-refractivity contribution in [3.8, 4) is 11.5 Å². The van der Waals surface area contributed by atoms with E-state index >= 15 is 0 Å². The molecular formula is C17H25ClN2O3S. The van der Waals surface area contributed by atoms with E-state index in [1.807, 2.05) is 18.2 Å². The van der Waals surface area contributed by atoms with Gasteiger partial charge in [-0.25, -0.2) is 0 Å². The Balaban J connectivity index is 0.00000208. The van der Waals surface area contributed by atoms with Crippen molar-refractivity contribution in [2.75, 3.05) is 32.1 Å². The van der Waals surface area contributed by atoms with Crippen LogP contribution in [-0.2, 0) is 4.79 Å². The van der Waals surface area contributed by atoms with Crippen molar-refractivity contribution < 1.29 is 14.3 Å². The summed E-state index contributed by atoms with van der Waals surface area (Å²) in [6.07, 6.45) is 3.81. The third-order valence-corrected chi connectivity index (χ3v) is 5.02. The average Bonchev–Trinajstić information content (AvgIpc) is 2.97. The fraction of sp³-hybridized carbons (Fsp3) is 0.588. The fourth-order valence-corrected chi connectivity index (χ4v) is 3.63. The standard InChI is InChI=1S/C17H24N2O3S.ClH/c20-17(19-12-13-3-1-7-18-13)6-10-23-14-4-5-15-16(11-14)22-9-2-8-21-15;/h4-5,11,13,18H,1-3,6-10,12H2,(H,19,20);1H. The molecule has 24 heavy (non-hydrogen) atoms. The van der Waals surface area contributed by atoms with E-state index < -0.39 is 0 Å². The quantitative estimate of drug-likeness (QED) is 0.752. The van der Waals surface area contributed by atoms with Gasteiger partial charge in [-0.3, -0.25) is 4.79 Å². The summed E-state index contributed by atoms with van der Waals surface area (Å²) in [6.45, 7) is 3.21. The predicted molar refractivity (Wildman–Crippen MR) is 98.7 cm³/mol. The molecule has 5 nitrogen and oxygen atoms in total. The van der Waals surface area contributed by atoms with Crippen LogP contribution in [0.4, 0.5) is 0 Å². The van der Waals surface area contributed by atoms with Gasteiger partial charge in [0.25, 0.3) is 0 Å². The van der Waals surface area contributed by atoms with E-state index in [0.29, 0.717) is 25.7 Å². The van der Waals surface area contributed by atoms with Crippen LogP contribution >= 0.6 is 24.2 Å². The predicted octanol–water partition coefficient (Wildman–Crippen LogP) is 2.62. The lowest BCUT2D eigenvalue weighted by molar-refractivity contribution is -0.120. The normalized spacial score (nSPS) is 19.2. The van der Waals surface area contributed by atoms with Crippen molar-refractivity contribution in [1.82, 2.24) is 10.6 Å². The second-order valence-corrected chi connectivity index (χ2v) is 7.02. The Labute approximate surface area is 153 Å². The topological polar surface area (TPSA) is 59.6 Å². The van der Waals surface area contributed by atoms with E-state index in [1.165, 1.54) is 6.42 Å². The molecule has 0 aliphatic carbocycles. The third kappa shape index (κ3) is 5.76. The smallest absolute Gasteiger partial charge is 0.220 e. The van der Waals surface area contributed by atoms with E-state index in [1.54, 1.807) is 11.8 Å². The van der Waals surface area contributed by atoms with Crippen LogP contribution in [0.3, 0.4) is 0 Å². The number of rotatable bonds is 6. The Kier molecular flexibility index (Phi) is 8.02. The van der Waals surface area contributed by atoms with Crippen molar-refractivity contribution in [2.45, 2.75) is 36.6 Å². The van der Waals surface area contributed by atoms with Gasteiger partial charge in [-0.1, -0.05) is 0 Å². The summed E-state index contributed by atoms with van der Waals surface area (Å²) in [4.78, 5) is 13.0. The monoisotopic (exact) mass is 372 g/mol. The van der Waals surface area contributed by atoms with Crippen molar-refractivity contribution in [3.05, 3.63) is 18.2 Å². The van der Waals surface area contributed by atoms with Crippen LogP contribution in [0.5, 0.6) is 11.5 Å². The van der Waals surface area contributed by atoms with Crippen molar-refractivity contribution in [1.29, 1.82) is 0 Å². The van der Waals surface area contributed by atoms with Crippen LogP contribution in [0, 0.1) is 0 Å². The number of halogens is 1. The number of fused-ring (bicyclic) bond motifs is 1. The molecule has 2 N–H and O–H groups in total. The zero-order valence-corrected chi connectivity index (χ0v) is 15.3. The number of carbonyl (C=O) groups is 1. The Morgan fingerprint density at radius 2 is 2.08 bits per heavy atom. The Morgan fingerprint density at radius 1 is 1.25 bits per heavy atom. The molecule has 3 rings (SSSR count). The SMILES string of the molecule is Cl.O=C(CCSc1ccc2c(c1)OCCCO2)NCC1CCCN1. The minimum Gasteiger partial charge on any atom is -0.490 e. The number of ether oxygens (including phenoxy) is 2. The molecular weight excluding hydrogens is 348 g/mol. The number of hydrogen-bond acceptors (Lipinski definition) is 5. The molecule has 1 unspecified atom stereocenters. The van der Waals surface area contributed by atoms with E-state index in [4.69, 9.17) is 9.47 Å². The highest BCUT2D eigenvalue weighted by atomic mass is 35.5. The fourth-order valence-electron chi connectivity index (χ4n) is 2.75. The molecule has 0 saturated carbocycles. The molecule has 7 heteroatoms. The number of amides is 1. The van der Waals surface area contributed by atoms with Gasteiger partial charge in [0, 0.05) is 36.1 Å². The first kappa shape index (κ1) is 19.2. The lowest BCUT2D eigenvalue weighted by atomic mass is 10.2. The summed E-state index contributed by atoms with van der Waals surface area (Å²) in [5.74, 6) is 2.52. The molecule has 0 spiro atoms. The van der Waals surface area contributed by atoms with E-state index in [2.05, 4.69) is 10.6 Å². The summed E-state index contributed by atoms with van der Waals surface area (Å²) in [6, 6.07) is 6.44. The maximum absolute atomic E-state index is 11.9. The van der Waals surface area contributed by atoms with Gasteiger partial charge < -0.3 is 20.1 Å². The van der Waals surface area contributed by atoms with Gasteiger partial charge in [-0.15, -0.1) is 24.2 Å². The lowest BCUT2D eigenvalue weighted by Gasteiger charge is -2.11. The van der Waals surface area contributed by atoms with Gasteiger partial charge in [-0.05, 0) is 37.6 Å². The summed E-state index contributed by atoms with van der Waals surface area (Å²) < 4.78 is 11.3. The molecule has 0 radical (unpaired) electrons. The molecule has 1 amide bonds. The molecule has 1 atom stereocenters. The highest BCUT2D eigenvalue weighted by molar-refractivity contribution is 7.99. The summed E-state index contributed by atoms with van der Waals surface area (Å²) in [5, 5.41) is 6.39. The molecule has 2 aliphatic rings. The van der Waals surface area contributed by atoms with Crippen LogP contribution in [0.15, 0.2) is 23.1 Å². The highest BCUT2D eigenvalue weighted by Crippen LogP contribution is 2.33. The van der Waals surface area contributed by atoms with E-state index in [-0.39, 0.29) is 18.3 Å². The van der Waals surface area contributed by atoms with Crippen LogP contribution in [0.25, 0.3) is 0 Å². The third-order valence-electron chi connectivity index (χ3n) is 4.02. The minimum absolute atomic E-state index is 0. The van der Waals surface area contributed by atoms with E-state index in [0.717, 1.165) is 48.1 Å². The maximum atomic E-state index is 11.9. The minimum atomic E-state index is 0. The molecule has 1 fully saturated rings. The molecule has 134 valence electrons. The second kappa shape index (κ2) is 10.0. The van der Waals surface area contributed by atoms with Crippen LogP contribution in [0.2, 0.25) is 0 Å². The Hall–Kier alpha value is -1.11. The van der Waals surface area contributed by atoms with Crippen LogP contribution in [0.1, 0.15) is 25.7 Å². The van der Waals surface area contributed by atoms with Crippen LogP contribution in [-0.4, -0.2) is 44.0 Å². The molecule has 2 heterocycles. The zero-order valence-electron chi connectivity index (χ0n) is 13.7. The second-order valence-electron chi connectivity index (χ2n) is 5.85. The van der Waals surface area contributed by atoms with Crippen molar-refractivity contribution in [2.24, 2.45) is 0 Å². The van der Waals surface area contributed by atoms with Gasteiger partial charge in [0.1, 0.15) is 0 Å². The number of benzene rings is 1. The van der Waals surface area contributed by atoms with Gasteiger partial charge in [0.05, 0.1) is 13.2 Å². The van der Waals surface area contributed by atoms with Gasteiger partial charge in [-0.2, -0.15) is 0 Å². The molecule has 2 aliphatic heterocycles. The summed E-state index contributed by atoms with van der Waals surface area (Å²) >= 11 is 1.67. The number of carbonyl (C=O) groups excluding carboxylic acids is 1. The first-order valence-electron chi connectivity index (χ1n) is 8.34. The van der Waals surface area contributed by atoms with E-state index in [9.17, 15) is 4.79 Å². The van der Waals surface area contributed by atoms with Crippen molar-refractivity contribution >= 4 is 30.1 Å². The molecule has 0 bridgehead atoms. The number of hydrogen-bond donors (Lipinski definition) is 2. The van der Waals surface area contributed by atoms with Crippen molar-refractivity contribution in [3.63, 3.8) is 0 Å². The number of thioether (sulfide) groups is 1. The zero-order chi connectivity index (χ0) is 15.9. The van der Waals surface area contributed by atoms with Gasteiger partial charge >= 0.3 is 0 Å². The van der Waals surface area contributed by atoms with Gasteiger partial charge in [0.2, 0.25) is 5.91 Å². The Morgan fingerprint density at radius 3 is 2.88 bits per heavy atom. The maximum Gasteiger partial charge on any atom is 0.220 e. The Bertz CT molecular complexity index is 539. The summed E-state index contributed by atoms with van der Waals surface area (Å²) in [7, 11) is 0. The first-order valence-corrected chi connectivity index (χ1v) is 9.32. The molecule has 1 saturated heterocycles. The molecule has 1 aromatic carbocycles. The highest BCUT2D eigenvalue weighted by Gasteiger charge is 2.15. The molecule has 1 aromatic rings. The summed E-state index contributed by atoms with van der Waals surface area (Å²) in [5.41, 5.74) is 0. The first-order chi connectivity index (χ1) is 11.3. The van der Waals surface area contributed by atoms with Gasteiger partial charge in [0.15, 0.2) is 11.5 Å². The van der Waals surface area contributed by atoms with Crippen LogP contribution < -0.4 is 20.1 Å². The average molecular weight is 373 g/mol. The lowest BCUT2D eigenvalue weighted by Crippen LogP contribution is -2.37. The largest absolute Gasteiger partial charge is 0.490 e.